The molecule has 0 saturated heterocycles. The van der Waals surface area contributed by atoms with Crippen molar-refractivity contribution in [3.05, 3.63) is 59.2 Å². The van der Waals surface area contributed by atoms with Crippen LogP contribution in [0.3, 0.4) is 0 Å². The first-order chi connectivity index (χ1) is 13.9. The van der Waals surface area contributed by atoms with Crippen LogP contribution in [0.25, 0.3) is 0 Å². The van der Waals surface area contributed by atoms with Crippen LogP contribution in [-0.4, -0.2) is 48.8 Å². The highest BCUT2D eigenvalue weighted by Gasteiger charge is 2.35. The van der Waals surface area contributed by atoms with Crippen LogP contribution in [-0.2, 0) is 14.3 Å². The standard InChI is InChI=1S/C21H21N3O5/c1-13-3-8-16-17(11-13)21(28)24(20(16)27)10-9-18(25)22-14-4-6-15(7-5-14)23-19(26)12-29-2/h3-8,11H,9-10,12H2,1-2H3,(H,22,25)(H,23,26). The highest BCUT2D eigenvalue weighted by Crippen LogP contribution is 2.24. The highest BCUT2D eigenvalue weighted by molar-refractivity contribution is 6.21. The van der Waals surface area contributed by atoms with Crippen LogP contribution in [0, 0.1) is 6.92 Å². The van der Waals surface area contributed by atoms with Gasteiger partial charge < -0.3 is 15.4 Å². The SMILES string of the molecule is COCC(=O)Nc1ccc(NC(=O)CCN2C(=O)c3ccc(C)cc3C2=O)cc1. The van der Waals surface area contributed by atoms with Gasteiger partial charge in [-0.15, -0.1) is 0 Å². The molecule has 4 amide bonds. The molecule has 0 fully saturated rings. The van der Waals surface area contributed by atoms with Gasteiger partial charge in [0.15, 0.2) is 0 Å². The molecule has 0 aliphatic carbocycles. The first kappa shape index (κ1) is 20.2. The van der Waals surface area contributed by atoms with Gasteiger partial charge in [-0.1, -0.05) is 11.6 Å². The number of imide groups is 1. The number of nitrogens with zero attached hydrogens (tertiary/aromatic N) is 1. The Labute approximate surface area is 167 Å². The van der Waals surface area contributed by atoms with Gasteiger partial charge >= 0.3 is 0 Å². The molecule has 2 N–H and O–H groups in total. The van der Waals surface area contributed by atoms with Gasteiger partial charge in [0.1, 0.15) is 6.61 Å². The highest BCUT2D eigenvalue weighted by atomic mass is 16.5. The molecule has 8 heteroatoms. The number of carbonyl (C=O) groups excluding carboxylic acids is 4. The van der Waals surface area contributed by atoms with Crippen molar-refractivity contribution in [3.63, 3.8) is 0 Å². The summed E-state index contributed by atoms with van der Waals surface area (Å²) >= 11 is 0. The first-order valence-corrected chi connectivity index (χ1v) is 9.04. The van der Waals surface area contributed by atoms with Gasteiger partial charge in [-0.3, -0.25) is 24.1 Å². The zero-order valence-corrected chi connectivity index (χ0v) is 16.2. The summed E-state index contributed by atoms with van der Waals surface area (Å²) < 4.78 is 4.74. The summed E-state index contributed by atoms with van der Waals surface area (Å²) in [6.45, 7) is 1.81. The van der Waals surface area contributed by atoms with E-state index >= 15 is 0 Å². The molecule has 0 unspecified atom stereocenters. The molecular formula is C21H21N3O5. The second-order valence-electron chi connectivity index (χ2n) is 6.67. The summed E-state index contributed by atoms with van der Waals surface area (Å²) in [6.07, 6.45) is -0.0171. The van der Waals surface area contributed by atoms with Gasteiger partial charge in [-0.05, 0) is 43.3 Å². The lowest BCUT2D eigenvalue weighted by molar-refractivity contribution is -0.119. The summed E-state index contributed by atoms with van der Waals surface area (Å²) in [5.74, 6) is -1.36. The second kappa shape index (κ2) is 8.66. The third kappa shape index (κ3) is 4.67. The topological polar surface area (TPSA) is 105 Å². The van der Waals surface area contributed by atoms with Crippen molar-refractivity contribution in [1.29, 1.82) is 0 Å². The van der Waals surface area contributed by atoms with E-state index in [1.165, 1.54) is 7.11 Å². The van der Waals surface area contributed by atoms with Crippen LogP contribution in [0.5, 0.6) is 0 Å². The number of methoxy groups -OCH3 is 1. The van der Waals surface area contributed by atoms with E-state index in [2.05, 4.69) is 10.6 Å². The summed E-state index contributed by atoms with van der Waals surface area (Å²) in [6, 6.07) is 11.7. The molecule has 0 bridgehead atoms. The maximum atomic E-state index is 12.4. The summed E-state index contributed by atoms with van der Waals surface area (Å²) in [7, 11) is 1.43. The molecule has 2 aromatic carbocycles. The Kier molecular flexibility index (Phi) is 6.04. The van der Waals surface area contributed by atoms with Crippen molar-refractivity contribution >= 4 is 35.0 Å². The quantitative estimate of drug-likeness (QED) is 0.700. The number of ether oxygens (including phenoxy) is 1. The number of amides is 4. The minimum absolute atomic E-state index is 0.00237. The zero-order valence-electron chi connectivity index (χ0n) is 16.2. The Morgan fingerprint density at radius 1 is 0.897 bits per heavy atom. The molecule has 150 valence electrons. The first-order valence-electron chi connectivity index (χ1n) is 9.04. The number of nitrogens with one attached hydrogen (secondary N) is 2. The van der Waals surface area contributed by atoms with E-state index in [0.29, 0.717) is 22.5 Å². The van der Waals surface area contributed by atoms with Gasteiger partial charge in [-0.2, -0.15) is 0 Å². The van der Waals surface area contributed by atoms with E-state index < -0.39 is 0 Å². The predicted molar refractivity (Wildman–Crippen MR) is 107 cm³/mol. The Hall–Kier alpha value is -3.52. The number of rotatable bonds is 7. The number of hydrogen-bond acceptors (Lipinski definition) is 5. The monoisotopic (exact) mass is 395 g/mol. The Bertz CT molecular complexity index is 969. The minimum atomic E-state index is -0.381. The van der Waals surface area contributed by atoms with Crippen LogP contribution in [0.2, 0.25) is 0 Å². The molecule has 1 aliphatic rings. The van der Waals surface area contributed by atoms with E-state index in [0.717, 1.165) is 10.5 Å². The van der Waals surface area contributed by atoms with E-state index in [4.69, 9.17) is 4.74 Å². The van der Waals surface area contributed by atoms with Crippen molar-refractivity contribution in [3.8, 4) is 0 Å². The molecule has 0 radical (unpaired) electrons. The van der Waals surface area contributed by atoms with Gasteiger partial charge in [0, 0.05) is 31.5 Å². The van der Waals surface area contributed by atoms with Crippen molar-refractivity contribution in [2.45, 2.75) is 13.3 Å². The smallest absolute Gasteiger partial charge is 0.261 e. The third-order valence-electron chi connectivity index (χ3n) is 4.42. The molecular weight excluding hydrogens is 374 g/mol. The Balaban J connectivity index is 1.53. The minimum Gasteiger partial charge on any atom is -0.375 e. The van der Waals surface area contributed by atoms with Crippen molar-refractivity contribution in [1.82, 2.24) is 4.90 Å². The molecule has 0 atom stereocenters. The Morgan fingerprint density at radius 2 is 1.48 bits per heavy atom. The average molecular weight is 395 g/mol. The number of aryl methyl sites for hydroxylation is 1. The number of fused-ring (bicyclic) bond motifs is 1. The van der Waals surface area contributed by atoms with Crippen molar-refractivity contribution < 1.29 is 23.9 Å². The molecule has 29 heavy (non-hydrogen) atoms. The number of benzene rings is 2. The molecule has 3 rings (SSSR count). The molecule has 2 aromatic rings. The van der Waals surface area contributed by atoms with Gasteiger partial charge in [-0.25, -0.2) is 0 Å². The summed E-state index contributed by atoms with van der Waals surface area (Å²) in [5, 5.41) is 5.36. The van der Waals surface area contributed by atoms with Crippen molar-refractivity contribution in [2.75, 3.05) is 30.9 Å². The van der Waals surface area contributed by atoms with Gasteiger partial charge in [0.05, 0.1) is 11.1 Å². The average Bonchev–Trinajstić information content (AvgIpc) is 2.91. The molecule has 8 nitrogen and oxygen atoms in total. The molecule has 0 saturated carbocycles. The zero-order chi connectivity index (χ0) is 21.0. The summed E-state index contributed by atoms with van der Waals surface area (Å²) in [4.78, 5) is 49.6. The van der Waals surface area contributed by atoms with E-state index in [-0.39, 0.29) is 43.2 Å². The fourth-order valence-electron chi connectivity index (χ4n) is 3.01. The maximum absolute atomic E-state index is 12.4. The molecule has 1 aliphatic heterocycles. The third-order valence-corrected chi connectivity index (χ3v) is 4.42. The fourth-order valence-corrected chi connectivity index (χ4v) is 3.01. The lowest BCUT2D eigenvalue weighted by Gasteiger charge is -2.13. The Morgan fingerprint density at radius 3 is 2.10 bits per heavy atom. The molecule has 0 spiro atoms. The number of carbonyl (C=O) groups is 4. The number of anilines is 2. The van der Waals surface area contributed by atoms with E-state index in [1.54, 1.807) is 42.5 Å². The normalized spacial score (nSPS) is 12.7. The molecule has 0 aromatic heterocycles. The predicted octanol–water partition coefficient (Wildman–Crippen LogP) is 2.20. The van der Waals surface area contributed by atoms with Crippen LogP contribution in [0.1, 0.15) is 32.7 Å². The van der Waals surface area contributed by atoms with Crippen LogP contribution in [0.4, 0.5) is 11.4 Å². The maximum Gasteiger partial charge on any atom is 0.261 e. The largest absolute Gasteiger partial charge is 0.375 e. The van der Waals surface area contributed by atoms with Gasteiger partial charge in [0.2, 0.25) is 11.8 Å². The fraction of sp³-hybridized carbons (Fsp3) is 0.238. The second-order valence-corrected chi connectivity index (χ2v) is 6.67. The van der Waals surface area contributed by atoms with Crippen LogP contribution >= 0.6 is 0 Å². The number of hydrogen-bond donors (Lipinski definition) is 2. The van der Waals surface area contributed by atoms with Crippen LogP contribution < -0.4 is 10.6 Å². The molecule has 1 heterocycles. The van der Waals surface area contributed by atoms with Crippen LogP contribution in [0.15, 0.2) is 42.5 Å². The lowest BCUT2D eigenvalue weighted by atomic mass is 10.1. The summed E-state index contributed by atoms with van der Waals surface area (Å²) in [5.41, 5.74) is 2.75. The van der Waals surface area contributed by atoms with Crippen molar-refractivity contribution in [2.24, 2.45) is 0 Å². The van der Waals surface area contributed by atoms with Gasteiger partial charge in [0.25, 0.3) is 11.8 Å². The lowest BCUT2D eigenvalue weighted by Crippen LogP contribution is -2.32. The van der Waals surface area contributed by atoms with E-state index in [1.807, 2.05) is 6.92 Å². The van der Waals surface area contributed by atoms with E-state index in [9.17, 15) is 19.2 Å².